The molecule has 8 nitrogen and oxygen atoms in total. The summed E-state index contributed by atoms with van der Waals surface area (Å²) in [7, 11) is 0. The van der Waals surface area contributed by atoms with E-state index in [1.165, 1.54) is 6.07 Å². The minimum absolute atomic E-state index is 0.106. The molecule has 0 aliphatic rings. The van der Waals surface area contributed by atoms with Crippen molar-refractivity contribution in [3.05, 3.63) is 58.1 Å². The van der Waals surface area contributed by atoms with Crippen LogP contribution < -0.4 is 5.32 Å². The zero-order valence-electron chi connectivity index (χ0n) is 14.1. The fraction of sp³-hybridized carbons (Fsp3) is 0.294. The third-order valence-electron chi connectivity index (χ3n) is 3.87. The van der Waals surface area contributed by atoms with Crippen molar-refractivity contribution in [1.29, 1.82) is 0 Å². The molecule has 0 spiro atoms. The number of aromatic nitrogens is 2. The van der Waals surface area contributed by atoms with Gasteiger partial charge in [-0.3, -0.25) is 14.9 Å². The predicted octanol–water partition coefficient (Wildman–Crippen LogP) is 3.61. The average molecular weight is 342 g/mol. The summed E-state index contributed by atoms with van der Waals surface area (Å²) >= 11 is 0. The third-order valence-corrected chi connectivity index (χ3v) is 3.87. The van der Waals surface area contributed by atoms with Crippen LogP contribution in [0.2, 0.25) is 0 Å². The van der Waals surface area contributed by atoms with Crippen LogP contribution >= 0.6 is 0 Å². The van der Waals surface area contributed by atoms with Gasteiger partial charge in [0, 0.05) is 6.04 Å². The number of carbonyl (C=O) groups excluding carboxylic acids is 1. The molecule has 0 bridgehead atoms. The van der Waals surface area contributed by atoms with Crippen LogP contribution in [-0.4, -0.2) is 20.4 Å². The average Bonchev–Trinajstić information content (AvgIpc) is 3.19. The number of benzene rings is 1. The van der Waals surface area contributed by atoms with Gasteiger partial charge < -0.3 is 14.3 Å². The van der Waals surface area contributed by atoms with Crippen molar-refractivity contribution < 1.29 is 14.1 Å². The lowest BCUT2D eigenvalue weighted by Gasteiger charge is -2.18. The second-order valence-corrected chi connectivity index (χ2v) is 6.01. The molecule has 3 aromatic rings. The first-order chi connectivity index (χ1) is 11.9. The number of para-hydroxylation sites is 2. The maximum atomic E-state index is 12.3. The molecule has 0 fully saturated rings. The monoisotopic (exact) mass is 342 g/mol. The first-order valence-electron chi connectivity index (χ1n) is 7.90. The number of imidazole rings is 1. The third kappa shape index (κ3) is 3.10. The number of rotatable bonds is 5. The highest BCUT2D eigenvalue weighted by Crippen LogP contribution is 2.25. The molecule has 2 heterocycles. The van der Waals surface area contributed by atoms with Crippen molar-refractivity contribution in [2.24, 2.45) is 0 Å². The van der Waals surface area contributed by atoms with Gasteiger partial charge in [-0.15, -0.1) is 0 Å². The topological polar surface area (TPSA) is 103 Å². The number of carbonyl (C=O) groups is 1. The van der Waals surface area contributed by atoms with Crippen molar-refractivity contribution in [3.63, 3.8) is 0 Å². The van der Waals surface area contributed by atoms with Crippen LogP contribution in [0.5, 0.6) is 0 Å². The molecule has 0 aliphatic heterocycles. The Kier molecular flexibility index (Phi) is 4.26. The van der Waals surface area contributed by atoms with Crippen LogP contribution in [0.15, 0.2) is 40.8 Å². The largest absolute Gasteiger partial charge is 0.433 e. The minimum Gasteiger partial charge on any atom is -0.395 e. The summed E-state index contributed by atoms with van der Waals surface area (Å²) in [5.41, 5.74) is 1.84. The molecular weight excluding hydrogens is 324 g/mol. The predicted molar refractivity (Wildman–Crippen MR) is 91.4 cm³/mol. The number of hydrogen-bond acceptors (Lipinski definition) is 5. The Morgan fingerprint density at radius 1 is 1.24 bits per heavy atom. The van der Waals surface area contributed by atoms with Crippen molar-refractivity contribution in [2.45, 2.75) is 32.9 Å². The van der Waals surface area contributed by atoms with Gasteiger partial charge in [0.05, 0.1) is 23.1 Å². The number of nitro groups is 1. The molecular formula is C17H18N4O4. The molecule has 2 aromatic heterocycles. The minimum atomic E-state index is -0.682. The second-order valence-electron chi connectivity index (χ2n) is 6.01. The van der Waals surface area contributed by atoms with E-state index in [0.717, 1.165) is 17.1 Å². The SMILES string of the molecule is CC(C)n1c([C@H](C)NC(=O)c2ccc([N+](=O)[O-])o2)nc2ccccc21. The van der Waals surface area contributed by atoms with Gasteiger partial charge in [-0.1, -0.05) is 12.1 Å². The molecule has 25 heavy (non-hydrogen) atoms. The standard InChI is InChI=1S/C17H18N4O4/c1-10(2)20-13-7-5-4-6-12(13)19-16(20)11(3)18-17(22)14-8-9-15(25-14)21(23)24/h4-11H,1-3H3,(H,18,22)/t11-/m0/s1. The van der Waals surface area contributed by atoms with E-state index >= 15 is 0 Å². The van der Waals surface area contributed by atoms with E-state index in [9.17, 15) is 14.9 Å². The van der Waals surface area contributed by atoms with E-state index in [0.29, 0.717) is 5.82 Å². The van der Waals surface area contributed by atoms with Crippen LogP contribution in [0.4, 0.5) is 5.88 Å². The van der Waals surface area contributed by atoms with Gasteiger partial charge in [0.25, 0.3) is 5.91 Å². The van der Waals surface area contributed by atoms with E-state index < -0.39 is 22.8 Å². The highest BCUT2D eigenvalue weighted by molar-refractivity contribution is 5.92. The quantitative estimate of drug-likeness (QED) is 0.563. The smallest absolute Gasteiger partial charge is 0.395 e. The molecule has 1 N–H and O–H groups in total. The van der Waals surface area contributed by atoms with Crippen LogP contribution in [0.25, 0.3) is 11.0 Å². The molecule has 1 amide bonds. The molecule has 1 atom stereocenters. The molecule has 3 rings (SSSR count). The van der Waals surface area contributed by atoms with E-state index in [-0.39, 0.29) is 11.8 Å². The first-order valence-corrected chi connectivity index (χ1v) is 7.90. The lowest BCUT2D eigenvalue weighted by Crippen LogP contribution is -2.28. The number of nitrogens with one attached hydrogen (secondary N) is 1. The Balaban J connectivity index is 1.89. The molecule has 0 saturated carbocycles. The van der Waals surface area contributed by atoms with Crippen molar-refractivity contribution in [2.75, 3.05) is 0 Å². The number of fused-ring (bicyclic) bond motifs is 1. The van der Waals surface area contributed by atoms with Gasteiger partial charge >= 0.3 is 5.88 Å². The number of amides is 1. The Hall–Kier alpha value is -3.16. The van der Waals surface area contributed by atoms with Crippen LogP contribution in [0, 0.1) is 10.1 Å². The van der Waals surface area contributed by atoms with Crippen molar-refractivity contribution in [3.8, 4) is 0 Å². The molecule has 0 aliphatic carbocycles. The first kappa shape index (κ1) is 16.7. The van der Waals surface area contributed by atoms with Gasteiger partial charge in [-0.05, 0) is 39.0 Å². The fourth-order valence-corrected chi connectivity index (χ4v) is 2.79. The lowest BCUT2D eigenvalue weighted by molar-refractivity contribution is -0.402. The Morgan fingerprint density at radius 3 is 2.60 bits per heavy atom. The number of furan rings is 1. The molecule has 0 saturated heterocycles. The number of nitrogens with zero attached hydrogens (tertiary/aromatic N) is 3. The summed E-state index contributed by atoms with van der Waals surface area (Å²) in [5, 5.41) is 13.4. The van der Waals surface area contributed by atoms with E-state index in [1.54, 1.807) is 0 Å². The summed E-state index contributed by atoms with van der Waals surface area (Å²) in [6.45, 7) is 5.90. The fourth-order valence-electron chi connectivity index (χ4n) is 2.79. The summed E-state index contributed by atoms with van der Waals surface area (Å²) < 4.78 is 7.00. The van der Waals surface area contributed by atoms with E-state index in [4.69, 9.17) is 4.42 Å². The summed E-state index contributed by atoms with van der Waals surface area (Å²) in [4.78, 5) is 26.9. The normalized spacial score (nSPS) is 12.5. The van der Waals surface area contributed by atoms with Crippen molar-refractivity contribution >= 4 is 22.8 Å². The Bertz CT molecular complexity index is 941. The van der Waals surface area contributed by atoms with Crippen LogP contribution in [-0.2, 0) is 0 Å². The zero-order chi connectivity index (χ0) is 18.1. The van der Waals surface area contributed by atoms with Gasteiger partial charge in [-0.25, -0.2) is 4.98 Å². The highest BCUT2D eigenvalue weighted by atomic mass is 16.6. The Labute approximate surface area is 143 Å². The maximum Gasteiger partial charge on any atom is 0.433 e. The van der Waals surface area contributed by atoms with Gasteiger partial charge in [0.2, 0.25) is 0 Å². The number of hydrogen-bond donors (Lipinski definition) is 1. The lowest BCUT2D eigenvalue weighted by atomic mass is 10.2. The van der Waals surface area contributed by atoms with Crippen molar-refractivity contribution in [1.82, 2.24) is 14.9 Å². The zero-order valence-corrected chi connectivity index (χ0v) is 14.1. The molecule has 0 unspecified atom stereocenters. The molecule has 0 radical (unpaired) electrons. The second kappa shape index (κ2) is 6.39. The van der Waals surface area contributed by atoms with Crippen LogP contribution in [0.3, 0.4) is 0 Å². The van der Waals surface area contributed by atoms with Gasteiger partial charge in [-0.2, -0.15) is 0 Å². The summed E-state index contributed by atoms with van der Waals surface area (Å²) in [6.07, 6.45) is 0. The van der Waals surface area contributed by atoms with E-state index in [2.05, 4.69) is 14.9 Å². The summed E-state index contributed by atoms with van der Waals surface area (Å²) in [6, 6.07) is 9.96. The van der Waals surface area contributed by atoms with Gasteiger partial charge in [0.15, 0.2) is 5.76 Å². The summed E-state index contributed by atoms with van der Waals surface area (Å²) in [5.74, 6) is -0.383. The van der Waals surface area contributed by atoms with E-state index in [1.807, 2.05) is 45.0 Å². The molecule has 1 aromatic carbocycles. The van der Waals surface area contributed by atoms with Gasteiger partial charge in [0.1, 0.15) is 10.7 Å². The molecule has 130 valence electrons. The molecule has 8 heteroatoms. The highest BCUT2D eigenvalue weighted by Gasteiger charge is 2.23. The van der Waals surface area contributed by atoms with Crippen LogP contribution in [0.1, 0.15) is 49.2 Å². The maximum absolute atomic E-state index is 12.3. The Morgan fingerprint density at radius 2 is 1.96 bits per heavy atom.